The second-order valence-corrected chi connectivity index (χ2v) is 0.584. The number of halogens is 1. The van der Waals surface area contributed by atoms with Crippen molar-refractivity contribution >= 4 is 12.4 Å². The Morgan fingerprint density at radius 2 is 1.83 bits per heavy atom. The lowest BCUT2D eigenvalue weighted by atomic mass is 11.0. The summed E-state index contributed by atoms with van der Waals surface area (Å²) in [5.41, 5.74) is 4.75. The lowest BCUT2D eigenvalue weighted by Crippen LogP contribution is -2.04. The van der Waals surface area contributed by atoms with Crippen LogP contribution in [0.2, 0.25) is 0 Å². The molecule has 0 aromatic carbocycles. The van der Waals surface area contributed by atoms with E-state index in [9.17, 15) is 0 Å². The van der Waals surface area contributed by atoms with Crippen LogP contribution >= 0.6 is 12.4 Å². The molecule has 0 aliphatic carbocycles. The molecule has 0 rings (SSSR count). The third kappa shape index (κ3) is 9.53. The molecule has 0 aliphatic rings. The van der Waals surface area contributed by atoms with Gasteiger partial charge in [-0.05, 0) is 6.58 Å². The molecule has 0 heterocycles. The smallest absolute Gasteiger partial charge is 0.201 e. The first-order valence-corrected chi connectivity index (χ1v) is 1.08. The van der Waals surface area contributed by atoms with E-state index >= 15 is 0 Å². The fourth-order valence-corrected chi connectivity index (χ4v) is 0. The van der Waals surface area contributed by atoms with Crippen LogP contribution in [0.15, 0.2) is 12.5 Å². The van der Waals surface area contributed by atoms with Gasteiger partial charge in [-0.15, -0.1) is 12.4 Å². The molecule has 0 saturated heterocycles. The Balaban J connectivity index is 0. The molecule has 0 saturated carbocycles. The van der Waals surface area contributed by atoms with E-state index in [0.717, 1.165) is 0 Å². The highest BCUT2D eigenvalue weighted by Crippen LogP contribution is 1.63. The van der Waals surface area contributed by atoms with Crippen molar-refractivity contribution in [3.05, 3.63) is 12.5 Å². The van der Waals surface area contributed by atoms with Gasteiger partial charge in [0, 0.05) is 0 Å². The summed E-state index contributed by atoms with van der Waals surface area (Å²) in [6, 6.07) is 0. The summed E-state index contributed by atoms with van der Waals surface area (Å²) >= 11 is 0. The van der Waals surface area contributed by atoms with Crippen LogP contribution < -0.4 is 11.6 Å². The van der Waals surface area contributed by atoms with Crippen molar-refractivity contribution in [3.8, 4) is 0 Å². The van der Waals surface area contributed by atoms with E-state index in [-0.39, 0.29) is 18.3 Å². The number of nitrogens with two attached hydrogens (primary N) is 2. The molecule has 0 amide bonds. The molecule has 3 nitrogen and oxygen atoms in total. The van der Waals surface area contributed by atoms with Crippen LogP contribution in [0, 0.1) is 0 Å². The molecule has 0 spiro atoms. The second kappa shape index (κ2) is 4.59. The van der Waals surface area contributed by atoms with Crippen molar-refractivity contribution in [3.63, 3.8) is 0 Å². The zero-order chi connectivity index (χ0) is 4.28. The van der Waals surface area contributed by atoms with E-state index in [2.05, 4.69) is 17.3 Å². The van der Waals surface area contributed by atoms with Gasteiger partial charge in [0.25, 0.3) is 0 Å². The van der Waals surface area contributed by atoms with Gasteiger partial charge >= 0.3 is 0 Å². The minimum Gasteiger partial charge on any atom is -0.394 e. The van der Waals surface area contributed by atoms with E-state index in [0.29, 0.717) is 0 Å². The van der Waals surface area contributed by atoms with Gasteiger partial charge in [-0.25, -0.2) is 0 Å². The van der Waals surface area contributed by atoms with Crippen LogP contribution in [0.3, 0.4) is 0 Å². The van der Waals surface area contributed by atoms with Gasteiger partial charge in [0.15, 0.2) is 0 Å². The van der Waals surface area contributed by atoms with Crippen molar-refractivity contribution in [1.82, 2.24) is 0 Å². The van der Waals surface area contributed by atoms with Crippen molar-refractivity contribution in [2.75, 3.05) is 0 Å². The molecule has 6 heavy (non-hydrogen) atoms. The first-order valence-electron chi connectivity index (χ1n) is 1.08. The molecule has 0 aromatic rings. The maximum absolute atomic E-state index is 4.75. The fourth-order valence-electron chi connectivity index (χ4n) is 0. The van der Waals surface area contributed by atoms with Gasteiger partial charge in [0.05, 0.1) is 0 Å². The lowest BCUT2D eigenvalue weighted by molar-refractivity contribution is 0.219. The zero-order valence-electron chi connectivity index (χ0n) is 3.18. The number of hydrogen-bond acceptors (Lipinski definition) is 3. The van der Waals surface area contributed by atoms with E-state index in [1.54, 1.807) is 0 Å². The highest BCUT2D eigenvalue weighted by atomic mass is 35.5. The summed E-state index contributed by atoms with van der Waals surface area (Å²) in [6.07, 6.45) is 0. The van der Waals surface area contributed by atoms with Crippen LogP contribution in [0.4, 0.5) is 0 Å². The molecule has 0 atom stereocenters. The van der Waals surface area contributed by atoms with Crippen LogP contribution in [0.25, 0.3) is 0 Å². The quantitative estimate of drug-likeness (QED) is 0.361. The Morgan fingerprint density at radius 1 is 1.67 bits per heavy atom. The minimum atomic E-state index is 0. The molecular weight excluding hydrogens is 103 g/mol. The third-order valence-electron chi connectivity index (χ3n) is 0.151. The Kier molecular flexibility index (Phi) is 6.99. The first kappa shape index (κ1) is 9.14. The van der Waals surface area contributed by atoms with Crippen LogP contribution in [-0.2, 0) is 4.84 Å². The summed E-state index contributed by atoms with van der Waals surface area (Å²) in [5, 5.41) is 0. The maximum Gasteiger partial charge on any atom is 0.201 e. The van der Waals surface area contributed by atoms with E-state index in [1.807, 2.05) is 0 Å². The van der Waals surface area contributed by atoms with Gasteiger partial charge < -0.3 is 10.6 Å². The molecule has 4 heteroatoms. The number of rotatable bonds is 1. The molecule has 0 aromatic heterocycles. The lowest BCUT2D eigenvalue weighted by Gasteiger charge is -1.87. The summed E-state index contributed by atoms with van der Waals surface area (Å²) < 4.78 is 0. The summed E-state index contributed by atoms with van der Waals surface area (Å²) in [4.78, 5) is 3.83. The maximum atomic E-state index is 4.75. The Morgan fingerprint density at radius 3 is 1.83 bits per heavy atom. The van der Waals surface area contributed by atoms with Crippen LogP contribution in [0.5, 0.6) is 0 Å². The van der Waals surface area contributed by atoms with Crippen LogP contribution in [0.1, 0.15) is 0 Å². The summed E-state index contributed by atoms with van der Waals surface area (Å²) in [5.74, 6) is 4.48. The molecular formula is C2H7ClN2O. The largest absolute Gasteiger partial charge is 0.394 e. The topological polar surface area (TPSA) is 61.3 Å². The molecule has 0 aliphatic heterocycles. The summed E-state index contributed by atoms with van der Waals surface area (Å²) in [6.45, 7) is 3.10. The van der Waals surface area contributed by atoms with Crippen molar-refractivity contribution in [2.45, 2.75) is 0 Å². The van der Waals surface area contributed by atoms with Gasteiger partial charge in [0.2, 0.25) is 5.88 Å². The van der Waals surface area contributed by atoms with Crippen molar-refractivity contribution < 1.29 is 4.84 Å². The Hall–Kier alpha value is -0.410. The Labute approximate surface area is 42.3 Å². The zero-order valence-corrected chi connectivity index (χ0v) is 3.99. The monoisotopic (exact) mass is 110 g/mol. The first-order chi connectivity index (χ1) is 2.27. The van der Waals surface area contributed by atoms with Gasteiger partial charge in [-0.3, -0.25) is 0 Å². The molecule has 0 radical (unpaired) electrons. The van der Waals surface area contributed by atoms with E-state index in [1.165, 1.54) is 0 Å². The van der Waals surface area contributed by atoms with Crippen LogP contribution in [-0.4, -0.2) is 0 Å². The van der Waals surface area contributed by atoms with Crippen molar-refractivity contribution in [2.24, 2.45) is 11.6 Å². The van der Waals surface area contributed by atoms with E-state index in [4.69, 9.17) is 5.73 Å². The molecule has 38 valence electrons. The normalized spacial score (nSPS) is 5.50. The van der Waals surface area contributed by atoms with Gasteiger partial charge in [-0.1, -0.05) is 0 Å². The average Bonchev–Trinajstić information content (AvgIpc) is 1.38. The molecule has 4 N–H and O–H groups in total. The molecule has 0 bridgehead atoms. The molecule has 0 fully saturated rings. The predicted molar refractivity (Wildman–Crippen MR) is 25.8 cm³/mol. The SMILES string of the molecule is C=C(N)ON.Cl. The minimum absolute atomic E-state index is 0. The Bertz CT molecular complexity index is 46.8. The number of hydrogen-bond donors (Lipinski definition) is 2. The third-order valence-corrected chi connectivity index (χ3v) is 0.151. The van der Waals surface area contributed by atoms with Gasteiger partial charge in [0.1, 0.15) is 0 Å². The predicted octanol–water partition coefficient (Wildman–Crippen LogP) is -0.272. The van der Waals surface area contributed by atoms with Crippen molar-refractivity contribution in [1.29, 1.82) is 0 Å². The fraction of sp³-hybridized carbons (Fsp3) is 0. The highest BCUT2D eigenvalue weighted by molar-refractivity contribution is 5.85. The summed E-state index contributed by atoms with van der Waals surface area (Å²) in [7, 11) is 0. The van der Waals surface area contributed by atoms with E-state index < -0.39 is 0 Å². The highest BCUT2D eigenvalue weighted by Gasteiger charge is 1.66. The average molecular weight is 111 g/mol. The van der Waals surface area contributed by atoms with Gasteiger partial charge in [-0.2, -0.15) is 5.90 Å². The molecule has 0 unspecified atom stereocenters. The standard InChI is InChI=1S/C2H6N2O.ClH/c1-2(3)5-4;/h1,3-4H2;1H. The second-order valence-electron chi connectivity index (χ2n) is 0.584.